The molecule has 3 rings (SSSR count). The molecule has 1 saturated carbocycles. The summed E-state index contributed by atoms with van der Waals surface area (Å²) >= 11 is 0. The van der Waals surface area contributed by atoms with Crippen LogP contribution in [0.2, 0.25) is 0 Å². The fraction of sp³-hybridized carbons (Fsp3) is 0.778. The topological polar surface area (TPSA) is 62.2 Å². The number of hydrogen-bond acceptors (Lipinski definition) is 4. The first-order valence-electron chi connectivity index (χ1n) is 9.30. The van der Waals surface area contributed by atoms with Crippen LogP contribution in [-0.4, -0.2) is 58.3 Å². The molecule has 1 aliphatic carbocycles. The second-order valence-corrected chi connectivity index (χ2v) is 7.52. The largest absolute Gasteiger partial charge is 0.352 e. The second kappa shape index (κ2) is 7.66. The van der Waals surface area contributed by atoms with Gasteiger partial charge in [-0.25, -0.2) is 0 Å². The number of aromatic nitrogens is 2. The number of hydrogen-bond donors (Lipinski definition) is 2. The Hall–Kier alpha value is -1.40. The first kappa shape index (κ1) is 17.4. The Morgan fingerprint density at radius 3 is 2.58 bits per heavy atom. The third-order valence-corrected chi connectivity index (χ3v) is 5.41. The van der Waals surface area contributed by atoms with Crippen molar-refractivity contribution in [3.05, 3.63) is 18.0 Å². The fourth-order valence-electron chi connectivity index (χ4n) is 3.44. The fourth-order valence-corrected chi connectivity index (χ4v) is 3.44. The quantitative estimate of drug-likeness (QED) is 0.793. The number of carbonyl (C=O) groups excluding carboxylic acids is 1. The molecule has 1 aromatic heterocycles. The molecule has 0 bridgehead atoms. The van der Waals surface area contributed by atoms with Crippen LogP contribution in [0.15, 0.2) is 12.4 Å². The van der Waals surface area contributed by atoms with E-state index in [1.54, 1.807) is 0 Å². The van der Waals surface area contributed by atoms with E-state index in [1.165, 1.54) is 12.8 Å². The van der Waals surface area contributed by atoms with E-state index in [-0.39, 0.29) is 18.0 Å². The summed E-state index contributed by atoms with van der Waals surface area (Å²) in [6.07, 6.45) is 8.81. The third-order valence-electron chi connectivity index (χ3n) is 5.41. The zero-order valence-corrected chi connectivity index (χ0v) is 15.2. The van der Waals surface area contributed by atoms with Crippen LogP contribution in [0.4, 0.5) is 0 Å². The van der Waals surface area contributed by atoms with E-state index in [2.05, 4.69) is 34.5 Å². The van der Waals surface area contributed by atoms with Gasteiger partial charge in [0.2, 0.25) is 5.91 Å². The van der Waals surface area contributed by atoms with E-state index in [9.17, 15) is 4.79 Å². The van der Waals surface area contributed by atoms with Gasteiger partial charge in [0, 0.05) is 37.4 Å². The average molecular weight is 333 g/mol. The molecule has 1 amide bonds. The van der Waals surface area contributed by atoms with Gasteiger partial charge in [0.05, 0.1) is 18.8 Å². The predicted octanol–water partition coefficient (Wildman–Crippen LogP) is 1.47. The lowest BCUT2D eigenvalue weighted by Crippen LogP contribution is -2.48. The lowest BCUT2D eigenvalue weighted by atomic mass is 10.0. The summed E-state index contributed by atoms with van der Waals surface area (Å²) in [6, 6.07) is 1.59. The highest BCUT2D eigenvalue weighted by Gasteiger charge is 2.32. The van der Waals surface area contributed by atoms with Gasteiger partial charge in [-0.15, -0.1) is 0 Å². The van der Waals surface area contributed by atoms with E-state index in [0.29, 0.717) is 12.6 Å². The van der Waals surface area contributed by atoms with Gasteiger partial charge < -0.3 is 15.5 Å². The van der Waals surface area contributed by atoms with Crippen LogP contribution in [0.1, 0.15) is 51.1 Å². The maximum Gasteiger partial charge on any atom is 0.234 e. The zero-order valence-electron chi connectivity index (χ0n) is 15.2. The van der Waals surface area contributed by atoms with Crippen LogP contribution in [0.25, 0.3) is 0 Å². The summed E-state index contributed by atoms with van der Waals surface area (Å²) in [5, 5.41) is 10.9. The van der Waals surface area contributed by atoms with Crippen LogP contribution in [0.3, 0.4) is 0 Å². The molecule has 2 atom stereocenters. The van der Waals surface area contributed by atoms with E-state index >= 15 is 0 Å². The highest BCUT2D eigenvalue weighted by Crippen LogP contribution is 2.29. The molecule has 0 unspecified atom stereocenters. The maximum atomic E-state index is 12.2. The Bertz CT molecular complexity index is 545. The van der Waals surface area contributed by atoms with Crippen molar-refractivity contribution in [1.29, 1.82) is 0 Å². The first-order chi connectivity index (χ1) is 11.5. The van der Waals surface area contributed by atoms with Gasteiger partial charge in [-0.1, -0.05) is 0 Å². The van der Waals surface area contributed by atoms with Crippen LogP contribution < -0.4 is 10.6 Å². The molecule has 134 valence electrons. The number of nitrogens with one attached hydrogen (secondary N) is 2. The Labute approximate surface area is 145 Å². The SMILES string of the molecule is Cc1cnn([C@@H](C)[C@H](C)NCC(=O)NC2CCN(C3CC3)CC2)c1. The van der Waals surface area contributed by atoms with Crippen LogP contribution in [0, 0.1) is 6.92 Å². The van der Waals surface area contributed by atoms with E-state index in [1.807, 2.05) is 24.0 Å². The van der Waals surface area contributed by atoms with Crippen molar-refractivity contribution in [2.75, 3.05) is 19.6 Å². The number of aryl methyl sites for hydroxylation is 1. The molecule has 2 aliphatic rings. The van der Waals surface area contributed by atoms with E-state index < -0.39 is 0 Å². The predicted molar refractivity (Wildman–Crippen MR) is 94.9 cm³/mol. The van der Waals surface area contributed by atoms with Gasteiger partial charge in [0.25, 0.3) is 0 Å². The molecule has 6 nitrogen and oxygen atoms in total. The molecule has 1 aromatic rings. The van der Waals surface area contributed by atoms with Gasteiger partial charge in [-0.3, -0.25) is 9.48 Å². The minimum absolute atomic E-state index is 0.107. The molecular formula is C18H31N5O. The minimum atomic E-state index is 0.107. The summed E-state index contributed by atoms with van der Waals surface area (Å²) in [6.45, 7) is 8.90. The van der Waals surface area contributed by atoms with E-state index in [0.717, 1.165) is 37.5 Å². The lowest BCUT2D eigenvalue weighted by Gasteiger charge is -2.32. The van der Waals surface area contributed by atoms with Crippen molar-refractivity contribution in [2.45, 2.75) is 70.6 Å². The van der Waals surface area contributed by atoms with Crippen molar-refractivity contribution in [3.8, 4) is 0 Å². The molecule has 0 radical (unpaired) electrons. The molecule has 2 heterocycles. The molecule has 2 fully saturated rings. The Balaban J connectivity index is 1.36. The lowest BCUT2D eigenvalue weighted by molar-refractivity contribution is -0.121. The number of carbonyl (C=O) groups is 1. The van der Waals surface area contributed by atoms with Crippen LogP contribution in [-0.2, 0) is 4.79 Å². The molecule has 6 heteroatoms. The van der Waals surface area contributed by atoms with Crippen LogP contribution >= 0.6 is 0 Å². The standard InChI is InChI=1S/C18H31N5O/c1-13-10-20-23(12-13)15(3)14(2)19-11-18(24)21-16-6-8-22(9-7-16)17-4-5-17/h10,12,14-17,19H,4-9,11H2,1-3H3,(H,21,24)/t14-,15-/m0/s1. The first-order valence-corrected chi connectivity index (χ1v) is 9.30. The van der Waals surface area contributed by atoms with Crippen LogP contribution in [0.5, 0.6) is 0 Å². The third kappa shape index (κ3) is 4.57. The van der Waals surface area contributed by atoms with E-state index in [4.69, 9.17) is 0 Å². The van der Waals surface area contributed by atoms with Crippen molar-refractivity contribution >= 4 is 5.91 Å². The highest BCUT2D eigenvalue weighted by molar-refractivity contribution is 5.78. The molecule has 24 heavy (non-hydrogen) atoms. The maximum absolute atomic E-state index is 12.2. The second-order valence-electron chi connectivity index (χ2n) is 7.52. The molecule has 1 saturated heterocycles. The Kier molecular flexibility index (Phi) is 5.56. The summed E-state index contributed by atoms with van der Waals surface area (Å²) in [5.41, 5.74) is 1.16. The summed E-state index contributed by atoms with van der Waals surface area (Å²) < 4.78 is 1.96. The molecular weight excluding hydrogens is 302 g/mol. The molecule has 2 N–H and O–H groups in total. The number of amides is 1. The monoisotopic (exact) mass is 333 g/mol. The van der Waals surface area contributed by atoms with Gasteiger partial charge in [0.1, 0.15) is 0 Å². The van der Waals surface area contributed by atoms with Gasteiger partial charge in [0.15, 0.2) is 0 Å². The number of nitrogens with zero attached hydrogens (tertiary/aromatic N) is 3. The minimum Gasteiger partial charge on any atom is -0.352 e. The summed E-state index contributed by atoms with van der Waals surface area (Å²) in [5.74, 6) is 0.107. The van der Waals surface area contributed by atoms with Crippen molar-refractivity contribution in [1.82, 2.24) is 25.3 Å². The van der Waals surface area contributed by atoms with Crippen molar-refractivity contribution in [3.63, 3.8) is 0 Å². The molecule has 0 aromatic carbocycles. The zero-order chi connectivity index (χ0) is 17.1. The number of rotatable bonds is 7. The summed E-state index contributed by atoms with van der Waals surface area (Å²) in [4.78, 5) is 14.8. The summed E-state index contributed by atoms with van der Waals surface area (Å²) in [7, 11) is 0. The van der Waals surface area contributed by atoms with Gasteiger partial charge in [-0.2, -0.15) is 5.10 Å². The van der Waals surface area contributed by atoms with Crippen molar-refractivity contribution in [2.24, 2.45) is 0 Å². The van der Waals surface area contributed by atoms with Gasteiger partial charge >= 0.3 is 0 Å². The molecule has 1 aliphatic heterocycles. The normalized spacial score (nSPS) is 22.3. The Morgan fingerprint density at radius 2 is 2.00 bits per heavy atom. The van der Waals surface area contributed by atoms with Gasteiger partial charge in [-0.05, 0) is 52.0 Å². The van der Waals surface area contributed by atoms with Crippen molar-refractivity contribution < 1.29 is 4.79 Å². The Morgan fingerprint density at radius 1 is 1.29 bits per heavy atom. The molecule has 0 spiro atoms. The number of piperidine rings is 1. The highest BCUT2D eigenvalue weighted by atomic mass is 16.2. The average Bonchev–Trinajstić information content (AvgIpc) is 3.34. The number of likely N-dealkylation sites (tertiary alicyclic amines) is 1. The smallest absolute Gasteiger partial charge is 0.234 e.